The summed E-state index contributed by atoms with van der Waals surface area (Å²) in [6.45, 7) is 16.5. The predicted molar refractivity (Wildman–Crippen MR) is 140 cm³/mol. The van der Waals surface area contributed by atoms with E-state index in [0.29, 0.717) is 18.1 Å². The summed E-state index contributed by atoms with van der Waals surface area (Å²) in [4.78, 5) is 9.99. The van der Waals surface area contributed by atoms with E-state index in [9.17, 15) is 0 Å². The van der Waals surface area contributed by atoms with Crippen LogP contribution in [0.2, 0.25) is 0 Å². The Morgan fingerprint density at radius 2 is 2.03 bits per heavy atom. The maximum absolute atomic E-state index is 5.57. The van der Waals surface area contributed by atoms with E-state index >= 15 is 0 Å². The summed E-state index contributed by atoms with van der Waals surface area (Å²) in [6.07, 6.45) is 2.32. The lowest BCUT2D eigenvalue weighted by Gasteiger charge is -2.37. The molecule has 0 bridgehead atoms. The van der Waals surface area contributed by atoms with Crippen molar-refractivity contribution in [1.82, 2.24) is 20.4 Å². The Morgan fingerprint density at radius 3 is 2.71 bits per heavy atom. The lowest BCUT2D eigenvalue weighted by molar-refractivity contribution is -0.0165. The molecule has 2 N–H and O–H groups in total. The summed E-state index contributed by atoms with van der Waals surface area (Å²) in [5.74, 6) is 0.961. The van der Waals surface area contributed by atoms with Gasteiger partial charge in [-0.2, -0.15) is 0 Å². The van der Waals surface area contributed by atoms with E-state index < -0.39 is 0 Å². The fourth-order valence-corrected chi connectivity index (χ4v) is 4.54. The van der Waals surface area contributed by atoms with E-state index in [0.717, 1.165) is 71.3 Å². The van der Waals surface area contributed by atoms with Crippen LogP contribution in [0.25, 0.3) is 0 Å². The molecule has 1 aromatic rings. The summed E-state index contributed by atoms with van der Waals surface area (Å²) < 4.78 is 5.57. The van der Waals surface area contributed by atoms with Crippen molar-refractivity contribution in [2.24, 2.45) is 4.99 Å². The molecule has 0 aliphatic carbocycles. The Bertz CT molecular complexity index is 678. The molecule has 2 unspecified atom stereocenters. The number of hydrogen-bond acceptors (Lipinski definition) is 4. The van der Waals surface area contributed by atoms with E-state index in [2.05, 4.69) is 72.4 Å². The van der Waals surface area contributed by atoms with Gasteiger partial charge in [-0.1, -0.05) is 29.8 Å². The Balaban J connectivity index is 0.00000341. The van der Waals surface area contributed by atoms with Crippen molar-refractivity contribution in [1.29, 1.82) is 0 Å². The molecule has 2 atom stereocenters. The molecule has 2 aliphatic rings. The number of benzene rings is 1. The first kappa shape index (κ1) is 26.4. The monoisotopic (exact) mass is 543 g/mol. The third kappa shape index (κ3) is 8.51. The molecule has 0 spiro atoms. The molecular weight excluding hydrogens is 501 g/mol. The van der Waals surface area contributed by atoms with E-state index in [1.54, 1.807) is 0 Å². The minimum atomic E-state index is 0. The number of likely N-dealkylation sites (tertiary alicyclic amines) is 1. The highest BCUT2D eigenvalue weighted by Gasteiger charge is 2.24. The van der Waals surface area contributed by atoms with Crippen molar-refractivity contribution in [3.8, 4) is 0 Å². The number of ether oxygens (including phenoxy) is 1. The van der Waals surface area contributed by atoms with Crippen molar-refractivity contribution < 1.29 is 4.74 Å². The predicted octanol–water partition coefficient (Wildman–Crippen LogP) is 3.24. The number of guanidine groups is 1. The number of aryl methyl sites for hydroxylation is 1. The molecule has 0 aromatic heterocycles. The molecule has 1 aromatic carbocycles. The first-order valence-electron chi connectivity index (χ1n) is 11.7. The van der Waals surface area contributed by atoms with Gasteiger partial charge in [0.05, 0.1) is 19.8 Å². The highest BCUT2D eigenvalue weighted by atomic mass is 127. The van der Waals surface area contributed by atoms with Gasteiger partial charge in [0.15, 0.2) is 5.96 Å². The standard InChI is InChI=1S/C24H41N5O.HI/c1-5-25-24(26-16-20(3)29-13-14-30-18-21(29)4)27-23-9-11-28(12-10-23)17-22-8-6-7-19(2)15-22;/h6-8,15,20-21,23H,5,9-14,16-18H2,1-4H3,(H2,25,26,27);1H. The molecule has 7 heteroatoms. The number of nitrogens with zero attached hydrogens (tertiary/aromatic N) is 3. The van der Waals surface area contributed by atoms with Gasteiger partial charge >= 0.3 is 0 Å². The van der Waals surface area contributed by atoms with Gasteiger partial charge in [0.1, 0.15) is 0 Å². The van der Waals surface area contributed by atoms with Crippen LogP contribution in [-0.4, -0.2) is 79.8 Å². The van der Waals surface area contributed by atoms with Crippen molar-refractivity contribution >= 4 is 29.9 Å². The summed E-state index contributed by atoms with van der Waals surface area (Å²) in [6, 6.07) is 10.3. The molecule has 2 fully saturated rings. The third-order valence-electron chi connectivity index (χ3n) is 6.26. The molecule has 0 amide bonds. The zero-order valence-corrected chi connectivity index (χ0v) is 22.1. The summed E-state index contributed by atoms with van der Waals surface area (Å²) in [7, 11) is 0. The molecule has 2 aliphatic heterocycles. The van der Waals surface area contributed by atoms with Crippen LogP contribution >= 0.6 is 24.0 Å². The quantitative estimate of drug-likeness (QED) is 0.314. The van der Waals surface area contributed by atoms with Gasteiger partial charge in [-0.3, -0.25) is 14.8 Å². The van der Waals surface area contributed by atoms with Crippen LogP contribution in [0.3, 0.4) is 0 Å². The molecule has 0 radical (unpaired) electrons. The maximum Gasteiger partial charge on any atom is 0.191 e. The van der Waals surface area contributed by atoms with Gasteiger partial charge in [0.2, 0.25) is 0 Å². The fourth-order valence-electron chi connectivity index (χ4n) is 4.54. The van der Waals surface area contributed by atoms with Crippen LogP contribution in [-0.2, 0) is 11.3 Å². The second kappa shape index (κ2) is 13.6. The number of nitrogens with one attached hydrogen (secondary N) is 2. The number of aliphatic imine (C=N–C) groups is 1. The first-order valence-corrected chi connectivity index (χ1v) is 11.7. The average Bonchev–Trinajstić information content (AvgIpc) is 2.74. The highest BCUT2D eigenvalue weighted by molar-refractivity contribution is 14.0. The zero-order valence-electron chi connectivity index (χ0n) is 19.8. The summed E-state index contributed by atoms with van der Waals surface area (Å²) >= 11 is 0. The van der Waals surface area contributed by atoms with E-state index in [1.807, 2.05) is 0 Å². The minimum absolute atomic E-state index is 0. The van der Waals surface area contributed by atoms with Gasteiger partial charge < -0.3 is 15.4 Å². The normalized spacial score (nSPS) is 22.6. The molecular formula is C24H42IN5O. The topological polar surface area (TPSA) is 52.1 Å². The third-order valence-corrected chi connectivity index (χ3v) is 6.26. The van der Waals surface area contributed by atoms with Crippen molar-refractivity contribution in [3.05, 3.63) is 35.4 Å². The van der Waals surface area contributed by atoms with Gasteiger partial charge in [-0.25, -0.2) is 0 Å². The van der Waals surface area contributed by atoms with Gasteiger partial charge in [-0.05, 0) is 46.1 Å². The van der Waals surface area contributed by atoms with Crippen molar-refractivity contribution in [2.45, 2.75) is 65.2 Å². The van der Waals surface area contributed by atoms with Crippen LogP contribution < -0.4 is 10.6 Å². The molecule has 3 rings (SSSR count). The minimum Gasteiger partial charge on any atom is -0.379 e. The lowest BCUT2D eigenvalue weighted by atomic mass is 10.0. The molecule has 2 saturated heterocycles. The second-order valence-corrected chi connectivity index (χ2v) is 8.91. The van der Waals surface area contributed by atoms with Gasteiger partial charge in [0, 0.05) is 50.8 Å². The molecule has 2 heterocycles. The van der Waals surface area contributed by atoms with Gasteiger partial charge in [-0.15, -0.1) is 24.0 Å². The number of morpholine rings is 1. The number of hydrogen-bond donors (Lipinski definition) is 2. The Kier molecular flexibility index (Phi) is 11.6. The van der Waals surface area contributed by atoms with Crippen LogP contribution in [0.4, 0.5) is 0 Å². The number of halogens is 1. The van der Waals surface area contributed by atoms with Crippen molar-refractivity contribution in [2.75, 3.05) is 45.9 Å². The molecule has 31 heavy (non-hydrogen) atoms. The number of piperidine rings is 1. The molecule has 176 valence electrons. The SMILES string of the molecule is CCNC(=NCC(C)N1CCOCC1C)NC1CCN(Cc2cccc(C)c2)CC1.I. The molecule has 0 saturated carbocycles. The van der Waals surface area contributed by atoms with E-state index in [4.69, 9.17) is 9.73 Å². The van der Waals surface area contributed by atoms with Crippen molar-refractivity contribution in [3.63, 3.8) is 0 Å². The van der Waals surface area contributed by atoms with Crippen LogP contribution in [0.1, 0.15) is 44.7 Å². The summed E-state index contributed by atoms with van der Waals surface area (Å²) in [5.41, 5.74) is 2.76. The highest BCUT2D eigenvalue weighted by Crippen LogP contribution is 2.15. The fraction of sp³-hybridized carbons (Fsp3) is 0.708. The zero-order chi connectivity index (χ0) is 21.3. The first-order chi connectivity index (χ1) is 14.5. The maximum atomic E-state index is 5.57. The van der Waals surface area contributed by atoms with Gasteiger partial charge in [0.25, 0.3) is 0 Å². The van der Waals surface area contributed by atoms with E-state index in [1.165, 1.54) is 11.1 Å². The van der Waals surface area contributed by atoms with Crippen LogP contribution in [0, 0.1) is 6.92 Å². The van der Waals surface area contributed by atoms with Crippen LogP contribution in [0.15, 0.2) is 29.3 Å². The second-order valence-electron chi connectivity index (χ2n) is 8.91. The largest absolute Gasteiger partial charge is 0.379 e. The lowest BCUT2D eigenvalue weighted by Crippen LogP contribution is -2.51. The Labute approximate surface area is 206 Å². The Hall–Kier alpha value is -0.900. The Morgan fingerprint density at radius 1 is 1.26 bits per heavy atom. The van der Waals surface area contributed by atoms with E-state index in [-0.39, 0.29) is 24.0 Å². The number of rotatable bonds is 7. The molecule has 6 nitrogen and oxygen atoms in total. The average molecular weight is 544 g/mol. The van der Waals surface area contributed by atoms with Crippen LogP contribution in [0.5, 0.6) is 0 Å². The summed E-state index contributed by atoms with van der Waals surface area (Å²) in [5, 5.41) is 7.13. The smallest absolute Gasteiger partial charge is 0.191 e.